The van der Waals surface area contributed by atoms with Crippen LogP contribution in [-0.2, 0) is 16.1 Å². The predicted octanol–water partition coefficient (Wildman–Crippen LogP) is 1.25. The molecule has 0 spiro atoms. The summed E-state index contributed by atoms with van der Waals surface area (Å²) in [6, 6.07) is 6.89. The highest BCUT2D eigenvalue weighted by Crippen LogP contribution is 2.13. The van der Waals surface area contributed by atoms with Gasteiger partial charge in [-0.15, -0.1) is 0 Å². The van der Waals surface area contributed by atoms with E-state index in [2.05, 4.69) is 10.3 Å². The van der Waals surface area contributed by atoms with Gasteiger partial charge in [-0.1, -0.05) is 12.1 Å². The van der Waals surface area contributed by atoms with Gasteiger partial charge in [0.2, 0.25) is 5.91 Å². The first-order valence-corrected chi connectivity index (χ1v) is 6.40. The molecule has 0 unspecified atom stereocenters. The highest BCUT2D eigenvalue weighted by molar-refractivity contribution is 5.91. The van der Waals surface area contributed by atoms with Crippen molar-refractivity contribution in [2.75, 3.05) is 6.54 Å². The van der Waals surface area contributed by atoms with E-state index in [1.165, 1.54) is 6.08 Å². The third kappa shape index (κ3) is 4.94. The highest BCUT2D eigenvalue weighted by Gasteiger charge is 1.97. The second kappa shape index (κ2) is 7.64. The molecule has 6 heteroatoms. The Hall–Kier alpha value is -2.89. The van der Waals surface area contributed by atoms with E-state index in [1.807, 2.05) is 16.8 Å². The Balaban J connectivity index is 1.81. The Morgan fingerprint density at radius 2 is 2.33 bits per heavy atom. The summed E-state index contributed by atoms with van der Waals surface area (Å²) in [7, 11) is 0. The monoisotopic (exact) mass is 285 g/mol. The number of nitrogens with zero attached hydrogens (tertiary/aromatic N) is 2. The van der Waals surface area contributed by atoms with E-state index >= 15 is 0 Å². The molecule has 0 atom stereocenters. The number of rotatable bonds is 7. The molecule has 1 N–H and O–H groups in total. The van der Waals surface area contributed by atoms with Crippen LogP contribution in [0.4, 0.5) is 0 Å². The molecule has 108 valence electrons. The van der Waals surface area contributed by atoms with E-state index < -0.39 is 0 Å². The Morgan fingerprint density at radius 1 is 1.43 bits per heavy atom. The first-order valence-electron chi connectivity index (χ1n) is 6.40. The van der Waals surface area contributed by atoms with Crippen LogP contribution in [0.3, 0.4) is 0 Å². The number of hydrogen-bond acceptors (Lipinski definition) is 4. The molecule has 0 radical (unpaired) electrons. The van der Waals surface area contributed by atoms with Gasteiger partial charge in [0.15, 0.2) is 0 Å². The van der Waals surface area contributed by atoms with Crippen molar-refractivity contribution in [1.29, 1.82) is 0 Å². The van der Waals surface area contributed by atoms with Crippen molar-refractivity contribution in [1.82, 2.24) is 14.9 Å². The largest absolute Gasteiger partial charge is 0.429 e. The van der Waals surface area contributed by atoms with E-state index in [-0.39, 0.29) is 5.91 Å². The van der Waals surface area contributed by atoms with Crippen LogP contribution in [0.1, 0.15) is 5.56 Å². The van der Waals surface area contributed by atoms with Crippen LogP contribution in [0.25, 0.3) is 6.08 Å². The molecule has 0 aliphatic heterocycles. The van der Waals surface area contributed by atoms with Crippen LogP contribution in [0.15, 0.2) is 49.1 Å². The van der Waals surface area contributed by atoms with Crippen molar-refractivity contribution in [2.24, 2.45) is 0 Å². The maximum absolute atomic E-state index is 11.6. The van der Waals surface area contributed by atoms with Crippen molar-refractivity contribution < 1.29 is 14.3 Å². The number of nitrogens with one attached hydrogen (secondary N) is 1. The quantitative estimate of drug-likeness (QED) is 0.614. The minimum Gasteiger partial charge on any atom is -0.429 e. The van der Waals surface area contributed by atoms with Gasteiger partial charge in [0.05, 0.1) is 6.33 Å². The van der Waals surface area contributed by atoms with Gasteiger partial charge < -0.3 is 14.6 Å². The Bertz CT molecular complexity index is 621. The van der Waals surface area contributed by atoms with E-state index in [1.54, 1.807) is 36.8 Å². The van der Waals surface area contributed by atoms with E-state index in [9.17, 15) is 9.59 Å². The average molecular weight is 285 g/mol. The standard InChI is InChI=1S/C15H15N3O3/c19-12-21-14-3-1-2-13(10-14)4-5-15(20)17-7-9-18-8-6-16-11-18/h1-6,8,10-12H,7,9H2,(H,17,20). The minimum absolute atomic E-state index is 0.183. The maximum atomic E-state index is 11.6. The molecule has 0 fully saturated rings. The van der Waals surface area contributed by atoms with Gasteiger partial charge in [0, 0.05) is 31.6 Å². The second-order valence-corrected chi connectivity index (χ2v) is 4.21. The summed E-state index contributed by atoms with van der Waals surface area (Å²) in [5.74, 6) is 0.254. The van der Waals surface area contributed by atoms with Crippen LogP contribution >= 0.6 is 0 Å². The highest BCUT2D eigenvalue weighted by atomic mass is 16.5. The first-order chi connectivity index (χ1) is 10.3. The molecule has 6 nitrogen and oxygen atoms in total. The van der Waals surface area contributed by atoms with Gasteiger partial charge in [0.25, 0.3) is 6.47 Å². The van der Waals surface area contributed by atoms with Crippen LogP contribution in [0.2, 0.25) is 0 Å². The fraction of sp³-hybridized carbons (Fsp3) is 0.133. The summed E-state index contributed by atoms with van der Waals surface area (Å²) in [6.07, 6.45) is 8.31. The Morgan fingerprint density at radius 3 is 3.10 bits per heavy atom. The van der Waals surface area contributed by atoms with E-state index in [4.69, 9.17) is 4.74 Å². The summed E-state index contributed by atoms with van der Waals surface area (Å²) >= 11 is 0. The zero-order chi connectivity index (χ0) is 14.9. The van der Waals surface area contributed by atoms with Gasteiger partial charge in [0.1, 0.15) is 5.75 Å². The third-order valence-corrected chi connectivity index (χ3v) is 2.70. The number of amides is 1. The molecule has 1 aromatic carbocycles. The molecule has 0 aliphatic rings. The summed E-state index contributed by atoms with van der Waals surface area (Å²) in [5.41, 5.74) is 0.777. The van der Waals surface area contributed by atoms with Crippen molar-refractivity contribution in [3.8, 4) is 5.75 Å². The number of imidazole rings is 1. The summed E-state index contributed by atoms with van der Waals surface area (Å²) in [6.45, 7) is 1.56. The molecule has 0 bridgehead atoms. The zero-order valence-electron chi connectivity index (χ0n) is 11.3. The fourth-order valence-corrected chi connectivity index (χ4v) is 1.71. The lowest BCUT2D eigenvalue weighted by Gasteiger charge is -2.03. The van der Waals surface area contributed by atoms with Gasteiger partial charge in [-0.25, -0.2) is 4.98 Å². The lowest BCUT2D eigenvalue weighted by atomic mass is 10.2. The maximum Gasteiger partial charge on any atom is 0.298 e. The zero-order valence-corrected chi connectivity index (χ0v) is 11.3. The molecule has 1 aromatic heterocycles. The lowest BCUT2D eigenvalue weighted by Crippen LogP contribution is -2.25. The van der Waals surface area contributed by atoms with Crippen LogP contribution in [0, 0.1) is 0 Å². The van der Waals surface area contributed by atoms with Gasteiger partial charge >= 0.3 is 0 Å². The molecule has 1 heterocycles. The normalized spacial score (nSPS) is 10.5. The van der Waals surface area contributed by atoms with Gasteiger partial charge in [-0.3, -0.25) is 9.59 Å². The minimum atomic E-state index is -0.183. The molecule has 0 saturated carbocycles. The molecule has 1 amide bonds. The lowest BCUT2D eigenvalue weighted by molar-refractivity contribution is -0.120. The molecular formula is C15H15N3O3. The number of hydrogen-bond donors (Lipinski definition) is 1. The average Bonchev–Trinajstić information content (AvgIpc) is 2.99. The summed E-state index contributed by atoms with van der Waals surface area (Å²) < 4.78 is 6.62. The topological polar surface area (TPSA) is 73.2 Å². The number of ether oxygens (including phenoxy) is 1. The van der Waals surface area contributed by atoms with Crippen LogP contribution in [0.5, 0.6) is 5.75 Å². The van der Waals surface area contributed by atoms with Gasteiger partial charge in [-0.2, -0.15) is 0 Å². The predicted molar refractivity (Wildman–Crippen MR) is 77.4 cm³/mol. The molecule has 2 rings (SSSR count). The van der Waals surface area contributed by atoms with E-state index in [0.29, 0.717) is 25.3 Å². The Labute approximate surface area is 122 Å². The number of carbonyl (C=O) groups excluding carboxylic acids is 2. The first kappa shape index (κ1) is 14.5. The molecule has 0 saturated heterocycles. The van der Waals surface area contributed by atoms with Gasteiger partial charge in [-0.05, 0) is 23.8 Å². The van der Waals surface area contributed by atoms with Crippen molar-refractivity contribution >= 4 is 18.5 Å². The summed E-state index contributed by atoms with van der Waals surface area (Å²) in [5, 5.41) is 2.77. The van der Waals surface area contributed by atoms with E-state index in [0.717, 1.165) is 5.56 Å². The van der Waals surface area contributed by atoms with Crippen LogP contribution < -0.4 is 10.1 Å². The van der Waals surface area contributed by atoms with Crippen molar-refractivity contribution in [3.63, 3.8) is 0 Å². The van der Waals surface area contributed by atoms with Crippen molar-refractivity contribution in [2.45, 2.75) is 6.54 Å². The third-order valence-electron chi connectivity index (χ3n) is 2.70. The molecule has 21 heavy (non-hydrogen) atoms. The van der Waals surface area contributed by atoms with Crippen LogP contribution in [-0.4, -0.2) is 28.5 Å². The van der Waals surface area contributed by atoms with Crippen molar-refractivity contribution in [3.05, 3.63) is 54.6 Å². The fourth-order valence-electron chi connectivity index (χ4n) is 1.71. The smallest absolute Gasteiger partial charge is 0.298 e. The second-order valence-electron chi connectivity index (χ2n) is 4.21. The number of aromatic nitrogens is 2. The molecule has 0 aliphatic carbocycles. The molecular weight excluding hydrogens is 270 g/mol. The number of carbonyl (C=O) groups is 2. The Kier molecular flexibility index (Phi) is 5.28. The summed E-state index contributed by atoms with van der Waals surface area (Å²) in [4.78, 5) is 25.8. The SMILES string of the molecule is O=COc1cccc(C=CC(=O)NCCn2ccnc2)c1. The number of benzene rings is 1. The molecule has 2 aromatic rings.